The molecular formula is C15H23NO2. The Morgan fingerprint density at radius 1 is 1.56 bits per heavy atom. The van der Waals surface area contributed by atoms with Gasteiger partial charge in [-0.2, -0.15) is 0 Å². The highest BCUT2D eigenvalue weighted by atomic mass is 16.5. The van der Waals surface area contributed by atoms with Crippen LogP contribution in [-0.2, 0) is 9.47 Å². The van der Waals surface area contributed by atoms with Crippen molar-refractivity contribution in [2.45, 2.75) is 45.3 Å². The first-order chi connectivity index (χ1) is 8.78. The van der Waals surface area contributed by atoms with Crippen molar-refractivity contribution >= 4 is 0 Å². The molecule has 0 aromatic heterocycles. The lowest BCUT2D eigenvalue weighted by Gasteiger charge is -2.19. The molecule has 1 heterocycles. The Morgan fingerprint density at radius 2 is 2.44 bits per heavy atom. The van der Waals surface area contributed by atoms with Crippen molar-refractivity contribution in [3.05, 3.63) is 35.8 Å². The van der Waals surface area contributed by atoms with Crippen LogP contribution in [0.1, 0.15) is 33.1 Å². The van der Waals surface area contributed by atoms with E-state index < -0.39 is 0 Å². The second kappa shape index (κ2) is 6.76. The molecule has 3 heteroatoms. The molecule has 0 bridgehead atoms. The second-order valence-corrected chi connectivity index (χ2v) is 4.87. The standard InChI is InChI=1S/C15H23NO2/c1-3-12(2)18-15-8-6-14(7-9-15)17-11-13-5-4-10-16-13/h3,6,8-9,13-14,16H,4-5,7,10-11H2,1-2H3/b12-3+/t13-,14?/m1/s1. The van der Waals surface area contributed by atoms with E-state index in [4.69, 9.17) is 9.47 Å². The molecule has 1 fully saturated rings. The summed E-state index contributed by atoms with van der Waals surface area (Å²) in [6, 6.07) is 0.547. The predicted octanol–water partition coefficient (Wildman–Crippen LogP) is 2.91. The number of hydrogen-bond donors (Lipinski definition) is 1. The summed E-state index contributed by atoms with van der Waals surface area (Å²) in [4.78, 5) is 0. The fourth-order valence-corrected chi connectivity index (χ4v) is 2.16. The van der Waals surface area contributed by atoms with Crippen LogP contribution in [0.2, 0.25) is 0 Å². The summed E-state index contributed by atoms with van der Waals surface area (Å²) in [6.45, 7) is 5.88. The molecule has 2 aliphatic rings. The van der Waals surface area contributed by atoms with E-state index in [0.717, 1.165) is 31.1 Å². The molecule has 0 aromatic carbocycles. The van der Waals surface area contributed by atoms with Gasteiger partial charge in [0.15, 0.2) is 0 Å². The lowest BCUT2D eigenvalue weighted by molar-refractivity contribution is 0.0706. The number of nitrogens with one attached hydrogen (secondary N) is 1. The van der Waals surface area contributed by atoms with Gasteiger partial charge in [0.1, 0.15) is 5.76 Å². The van der Waals surface area contributed by atoms with E-state index in [1.54, 1.807) is 0 Å². The molecule has 0 radical (unpaired) electrons. The lowest BCUT2D eigenvalue weighted by atomic mass is 10.1. The summed E-state index contributed by atoms with van der Waals surface area (Å²) in [5, 5.41) is 3.44. The van der Waals surface area contributed by atoms with Crippen LogP contribution in [0.3, 0.4) is 0 Å². The summed E-state index contributed by atoms with van der Waals surface area (Å²) < 4.78 is 11.5. The van der Waals surface area contributed by atoms with E-state index in [9.17, 15) is 0 Å². The van der Waals surface area contributed by atoms with Crippen molar-refractivity contribution in [1.29, 1.82) is 0 Å². The highest BCUT2D eigenvalue weighted by molar-refractivity contribution is 5.20. The van der Waals surface area contributed by atoms with E-state index in [0.29, 0.717) is 6.04 Å². The normalized spacial score (nSPS) is 28.3. The van der Waals surface area contributed by atoms with Gasteiger partial charge in [0.25, 0.3) is 0 Å². The number of rotatable bonds is 5. The summed E-state index contributed by atoms with van der Waals surface area (Å²) in [5.74, 6) is 1.85. The van der Waals surface area contributed by atoms with Crippen molar-refractivity contribution in [3.63, 3.8) is 0 Å². The molecule has 0 saturated carbocycles. The fraction of sp³-hybridized carbons (Fsp3) is 0.600. The van der Waals surface area contributed by atoms with Crippen LogP contribution in [0, 0.1) is 0 Å². The Morgan fingerprint density at radius 3 is 3.06 bits per heavy atom. The molecule has 0 amide bonds. The topological polar surface area (TPSA) is 30.5 Å². The van der Waals surface area contributed by atoms with Crippen molar-refractivity contribution < 1.29 is 9.47 Å². The zero-order chi connectivity index (χ0) is 12.8. The Bertz CT molecular complexity index is 352. The average Bonchev–Trinajstić information content (AvgIpc) is 2.91. The molecule has 1 unspecified atom stereocenters. The number of allylic oxidation sites excluding steroid dienone is 3. The molecule has 3 nitrogen and oxygen atoms in total. The van der Waals surface area contributed by atoms with Gasteiger partial charge >= 0.3 is 0 Å². The van der Waals surface area contributed by atoms with E-state index in [-0.39, 0.29) is 6.10 Å². The minimum atomic E-state index is 0.200. The van der Waals surface area contributed by atoms with Gasteiger partial charge in [-0.3, -0.25) is 0 Å². The van der Waals surface area contributed by atoms with Crippen molar-refractivity contribution in [2.75, 3.05) is 13.2 Å². The quantitative estimate of drug-likeness (QED) is 0.760. The van der Waals surface area contributed by atoms with Crippen LogP contribution in [0.25, 0.3) is 0 Å². The average molecular weight is 249 g/mol. The SMILES string of the molecule is C/C=C(\C)OC1=CCC(OC[C@H]2CCCN2)C=C1. The van der Waals surface area contributed by atoms with Crippen molar-refractivity contribution in [3.8, 4) is 0 Å². The maximum atomic E-state index is 5.88. The summed E-state index contributed by atoms with van der Waals surface area (Å²) in [6.07, 6.45) is 11.8. The number of ether oxygens (including phenoxy) is 2. The monoisotopic (exact) mass is 249 g/mol. The van der Waals surface area contributed by atoms with Crippen LogP contribution in [0.5, 0.6) is 0 Å². The van der Waals surface area contributed by atoms with E-state index in [2.05, 4.69) is 17.5 Å². The summed E-state index contributed by atoms with van der Waals surface area (Å²) in [7, 11) is 0. The van der Waals surface area contributed by atoms with E-state index >= 15 is 0 Å². The molecule has 18 heavy (non-hydrogen) atoms. The molecule has 100 valence electrons. The molecule has 1 aliphatic heterocycles. The molecule has 1 aliphatic carbocycles. The van der Waals surface area contributed by atoms with E-state index in [1.165, 1.54) is 12.8 Å². The largest absolute Gasteiger partial charge is 0.463 e. The van der Waals surface area contributed by atoms with Crippen LogP contribution in [-0.4, -0.2) is 25.3 Å². The Balaban J connectivity index is 1.71. The molecule has 1 N–H and O–H groups in total. The molecule has 1 saturated heterocycles. The Labute approximate surface area is 110 Å². The van der Waals surface area contributed by atoms with Crippen molar-refractivity contribution in [1.82, 2.24) is 5.32 Å². The maximum Gasteiger partial charge on any atom is 0.122 e. The highest BCUT2D eigenvalue weighted by Gasteiger charge is 2.17. The first kappa shape index (κ1) is 13.4. The first-order valence-electron chi connectivity index (χ1n) is 6.82. The van der Waals surface area contributed by atoms with E-state index in [1.807, 2.05) is 26.0 Å². The predicted molar refractivity (Wildman–Crippen MR) is 73.1 cm³/mol. The number of hydrogen-bond acceptors (Lipinski definition) is 3. The summed E-state index contributed by atoms with van der Waals surface area (Å²) in [5.41, 5.74) is 0. The molecular weight excluding hydrogens is 226 g/mol. The Hall–Kier alpha value is -1.06. The summed E-state index contributed by atoms with van der Waals surface area (Å²) >= 11 is 0. The van der Waals surface area contributed by atoms with Gasteiger partial charge in [-0.15, -0.1) is 0 Å². The highest BCUT2D eigenvalue weighted by Crippen LogP contribution is 2.17. The zero-order valence-corrected chi connectivity index (χ0v) is 11.3. The van der Waals surface area contributed by atoms with Gasteiger partial charge in [-0.1, -0.05) is 6.08 Å². The lowest BCUT2D eigenvalue weighted by Crippen LogP contribution is -2.29. The van der Waals surface area contributed by atoms with Gasteiger partial charge in [0.05, 0.1) is 18.5 Å². The third-order valence-corrected chi connectivity index (χ3v) is 3.39. The minimum absolute atomic E-state index is 0.200. The smallest absolute Gasteiger partial charge is 0.122 e. The molecule has 2 atom stereocenters. The van der Waals surface area contributed by atoms with Crippen LogP contribution in [0.4, 0.5) is 0 Å². The van der Waals surface area contributed by atoms with Crippen LogP contribution < -0.4 is 5.32 Å². The maximum absolute atomic E-state index is 5.88. The molecule has 2 rings (SSSR count). The fourth-order valence-electron chi connectivity index (χ4n) is 2.16. The second-order valence-electron chi connectivity index (χ2n) is 4.87. The first-order valence-corrected chi connectivity index (χ1v) is 6.82. The van der Waals surface area contributed by atoms with Gasteiger partial charge in [-0.25, -0.2) is 0 Å². The molecule has 0 aromatic rings. The van der Waals surface area contributed by atoms with Gasteiger partial charge < -0.3 is 14.8 Å². The third kappa shape index (κ3) is 4.00. The molecule has 0 spiro atoms. The third-order valence-electron chi connectivity index (χ3n) is 3.39. The van der Waals surface area contributed by atoms with Crippen LogP contribution in [0.15, 0.2) is 35.8 Å². The minimum Gasteiger partial charge on any atom is -0.463 e. The Kier molecular flexibility index (Phi) is 5.02. The van der Waals surface area contributed by atoms with Crippen molar-refractivity contribution in [2.24, 2.45) is 0 Å². The van der Waals surface area contributed by atoms with Gasteiger partial charge in [0, 0.05) is 6.04 Å². The van der Waals surface area contributed by atoms with Gasteiger partial charge in [-0.05, 0) is 57.9 Å². The zero-order valence-electron chi connectivity index (χ0n) is 11.3. The van der Waals surface area contributed by atoms with Gasteiger partial charge in [0.2, 0.25) is 0 Å². The van der Waals surface area contributed by atoms with Crippen LogP contribution >= 0.6 is 0 Å².